The highest BCUT2D eigenvalue weighted by Gasteiger charge is 2.15. The lowest BCUT2D eigenvalue weighted by atomic mass is 10.0. The number of carbonyl (C=O) groups excluding carboxylic acids is 2. The molecule has 0 aliphatic heterocycles. The van der Waals surface area contributed by atoms with Crippen molar-refractivity contribution in [3.8, 4) is 0 Å². The minimum Gasteiger partial charge on any atom is -0.356 e. The van der Waals surface area contributed by atoms with Crippen molar-refractivity contribution in [2.75, 3.05) is 6.54 Å². The molecule has 1 amide bonds. The van der Waals surface area contributed by atoms with E-state index in [0.717, 1.165) is 24.8 Å². The predicted octanol–water partition coefficient (Wildman–Crippen LogP) is 2.14. The zero-order valence-corrected chi connectivity index (χ0v) is 16.4. The molecule has 0 spiro atoms. The summed E-state index contributed by atoms with van der Waals surface area (Å²) in [7, 11) is -3.70. The van der Waals surface area contributed by atoms with Gasteiger partial charge in [-0.1, -0.05) is 24.3 Å². The van der Waals surface area contributed by atoms with Crippen LogP contribution >= 0.6 is 0 Å². The van der Waals surface area contributed by atoms with E-state index in [-0.39, 0.29) is 29.4 Å². The fourth-order valence-corrected chi connectivity index (χ4v) is 3.91. The standard InChI is InChI=1S/C21H24N2O4S/c22-28(26,27)19-8-4-15(5-9-19)12-13-23-21(25)11-10-20(24)18-7-6-16-2-1-3-17(16)14-18/h4-9,14H,1-3,10-13H2,(H,23,25)(H2,22,26,27). The largest absolute Gasteiger partial charge is 0.356 e. The van der Waals surface area contributed by atoms with Gasteiger partial charge in [0.1, 0.15) is 0 Å². The van der Waals surface area contributed by atoms with E-state index in [2.05, 4.69) is 5.32 Å². The van der Waals surface area contributed by atoms with Gasteiger partial charge in [0.15, 0.2) is 5.78 Å². The lowest BCUT2D eigenvalue weighted by Crippen LogP contribution is -2.26. The summed E-state index contributed by atoms with van der Waals surface area (Å²) in [5.41, 5.74) is 4.15. The van der Waals surface area contributed by atoms with Crippen molar-refractivity contribution < 1.29 is 18.0 Å². The summed E-state index contributed by atoms with van der Waals surface area (Å²) in [6, 6.07) is 12.1. The van der Waals surface area contributed by atoms with Crippen molar-refractivity contribution in [1.29, 1.82) is 0 Å². The first-order chi connectivity index (χ1) is 13.3. The van der Waals surface area contributed by atoms with Crippen LogP contribution in [0.15, 0.2) is 47.4 Å². The first-order valence-electron chi connectivity index (χ1n) is 9.36. The van der Waals surface area contributed by atoms with Gasteiger partial charge in [0.05, 0.1) is 4.90 Å². The monoisotopic (exact) mass is 400 g/mol. The number of Topliss-reactive ketones (excluding diaryl/α,β-unsaturated/α-hetero) is 1. The molecule has 148 valence electrons. The number of benzene rings is 2. The lowest BCUT2D eigenvalue weighted by Gasteiger charge is -2.07. The van der Waals surface area contributed by atoms with Gasteiger partial charge in [0, 0.05) is 24.9 Å². The summed E-state index contributed by atoms with van der Waals surface area (Å²) < 4.78 is 22.5. The third-order valence-corrected chi connectivity index (χ3v) is 5.92. The van der Waals surface area contributed by atoms with Gasteiger partial charge in [-0.25, -0.2) is 13.6 Å². The average Bonchev–Trinajstić information content (AvgIpc) is 3.13. The van der Waals surface area contributed by atoms with Crippen LogP contribution in [-0.2, 0) is 34.1 Å². The molecule has 2 aromatic carbocycles. The Balaban J connectivity index is 1.41. The van der Waals surface area contributed by atoms with Crippen LogP contribution in [0.25, 0.3) is 0 Å². The van der Waals surface area contributed by atoms with Crippen molar-refractivity contribution in [3.63, 3.8) is 0 Å². The summed E-state index contributed by atoms with van der Waals surface area (Å²) in [6.45, 7) is 0.417. The molecule has 3 rings (SSSR count). The number of sulfonamides is 1. The molecular formula is C21H24N2O4S. The number of carbonyl (C=O) groups is 2. The molecule has 0 saturated carbocycles. The van der Waals surface area contributed by atoms with E-state index in [4.69, 9.17) is 5.14 Å². The first-order valence-corrected chi connectivity index (χ1v) is 10.9. The van der Waals surface area contributed by atoms with E-state index in [0.29, 0.717) is 18.5 Å². The van der Waals surface area contributed by atoms with Crippen LogP contribution in [-0.4, -0.2) is 26.7 Å². The van der Waals surface area contributed by atoms with Crippen LogP contribution in [0.3, 0.4) is 0 Å². The van der Waals surface area contributed by atoms with Crippen LogP contribution in [0, 0.1) is 0 Å². The zero-order valence-electron chi connectivity index (χ0n) is 15.6. The molecule has 0 radical (unpaired) electrons. The van der Waals surface area contributed by atoms with Crippen molar-refractivity contribution >= 4 is 21.7 Å². The smallest absolute Gasteiger partial charge is 0.238 e. The van der Waals surface area contributed by atoms with Gasteiger partial charge in [-0.3, -0.25) is 9.59 Å². The van der Waals surface area contributed by atoms with E-state index < -0.39 is 10.0 Å². The summed E-state index contributed by atoms with van der Waals surface area (Å²) in [4.78, 5) is 24.4. The maximum Gasteiger partial charge on any atom is 0.238 e. The quantitative estimate of drug-likeness (QED) is 0.662. The molecule has 0 aromatic heterocycles. The van der Waals surface area contributed by atoms with Crippen molar-refractivity contribution in [1.82, 2.24) is 5.32 Å². The maximum atomic E-state index is 12.3. The number of hydrogen-bond donors (Lipinski definition) is 2. The highest BCUT2D eigenvalue weighted by atomic mass is 32.2. The summed E-state index contributed by atoms with van der Waals surface area (Å²) in [5.74, 6) is -0.181. The minimum atomic E-state index is -3.70. The minimum absolute atomic E-state index is 0.0107. The molecule has 1 aliphatic rings. The van der Waals surface area contributed by atoms with E-state index in [1.807, 2.05) is 18.2 Å². The van der Waals surface area contributed by atoms with Crippen molar-refractivity contribution in [2.45, 2.75) is 43.4 Å². The number of nitrogens with two attached hydrogens (primary N) is 1. The fourth-order valence-electron chi connectivity index (χ4n) is 3.40. The number of fused-ring (bicyclic) bond motifs is 1. The Morgan fingerprint density at radius 2 is 1.68 bits per heavy atom. The Morgan fingerprint density at radius 1 is 0.964 bits per heavy atom. The number of amides is 1. The van der Waals surface area contributed by atoms with Crippen molar-refractivity contribution in [3.05, 3.63) is 64.7 Å². The predicted molar refractivity (Wildman–Crippen MR) is 107 cm³/mol. The number of hydrogen-bond acceptors (Lipinski definition) is 4. The molecule has 0 atom stereocenters. The summed E-state index contributed by atoms with van der Waals surface area (Å²) >= 11 is 0. The molecule has 0 heterocycles. The van der Waals surface area contributed by atoms with Gasteiger partial charge in [0.25, 0.3) is 0 Å². The molecule has 28 heavy (non-hydrogen) atoms. The molecule has 0 bridgehead atoms. The molecule has 1 aliphatic carbocycles. The summed E-state index contributed by atoms with van der Waals surface area (Å²) in [5, 5.41) is 7.85. The highest BCUT2D eigenvalue weighted by Crippen LogP contribution is 2.23. The van der Waals surface area contributed by atoms with Crippen LogP contribution < -0.4 is 10.5 Å². The third kappa shape index (κ3) is 5.27. The van der Waals surface area contributed by atoms with Gasteiger partial charge >= 0.3 is 0 Å². The Bertz CT molecular complexity index is 982. The zero-order chi connectivity index (χ0) is 20.1. The third-order valence-electron chi connectivity index (χ3n) is 4.99. The molecule has 2 aromatic rings. The number of ketones is 1. The summed E-state index contributed by atoms with van der Waals surface area (Å²) in [6.07, 6.45) is 4.15. The number of aryl methyl sites for hydroxylation is 2. The van der Waals surface area contributed by atoms with Gasteiger partial charge in [0.2, 0.25) is 15.9 Å². The second-order valence-electron chi connectivity index (χ2n) is 7.05. The number of nitrogens with one attached hydrogen (secondary N) is 1. The lowest BCUT2D eigenvalue weighted by molar-refractivity contribution is -0.121. The van der Waals surface area contributed by atoms with E-state index in [9.17, 15) is 18.0 Å². The molecule has 7 heteroatoms. The van der Waals surface area contributed by atoms with Gasteiger partial charge in [-0.15, -0.1) is 0 Å². The van der Waals surface area contributed by atoms with E-state index >= 15 is 0 Å². The Kier molecular flexibility index (Phi) is 6.26. The van der Waals surface area contributed by atoms with Crippen LogP contribution in [0.1, 0.15) is 46.3 Å². The van der Waals surface area contributed by atoms with E-state index in [1.54, 1.807) is 12.1 Å². The average molecular weight is 401 g/mol. The van der Waals surface area contributed by atoms with Gasteiger partial charge < -0.3 is 5.32 Å². The normalized spacial score (nSPS) is 13.2. The molecule has 6 nitrogen and oxygen atoms in total. The Morgan fingerprint density at radius 3 is 2.39 bits per heavy atom. The first kappa shape index (κ1) is 20.2. The second-order valence-corrected chi connectivity index (χ2v) is 8.61. The number of rotatable bonds is 8. The van der Waals surface area contributed by atoms with Gasteiger partial charge in [-0.2, -0.15) is 0 Å². The molecule has 0 unspecified atom stereocenters. The molecule has 0 fully saturated rings. The number of primary sulfonamides is 1. The maximum absolute atomic E-state index is 12.3. The topological polar surface area (TPSA) is 106 Å². The molecular weight excluding hydrogens is 376 g/mol. The Labute approximate surface area is 165 Å². The SMILES string of the molecule is NS(=O)(=O)c1ccc(CCNC(=O)CCC(=O)c2ccc3c(c2)CCC3)cc1. The second kappa shape index (κ2) is 8.67. The molecule has 0 saturated heterocycles. The van der Waals surface area contributed by atoms with E-state index in [1.165, 1.54) is 23.3 Å². The Hall–Kier alpha value is -2.51. The van der Waals surface area contributed by atoms with Crippen LogP contribution in [0.2, 0.25) is 0 Å². The highest BCUT2D eigenvalue weighted by molar-refractivity contribution is 7.89. The fraction of sp³-hybridized carbons (Fsp3) is 0.333. The van der Waals surface area contributed by atoms with Crippen molar-refractivity contribution in [2.24, 2.45) is 5.14 Å². The van der Waals surface area contributed by atoms with Crippen LogP contribution in [0.5, 0.6) is 0 Å². The molecule has 3 N–H and O–H groups in total. The van der Waals surface area contributed by atoms with Crippen LogP contribution in [0.4, 0.5) is 0 Å². The van der Waals surface area contributed by atoms with Gasteiger partial charge in [-0.05, 0) is 60.6 Å².